The van der Waals surface area contributed by atoms with Gasteiger partial charge in [0.05, 0.1) is 19.6 Å². The maximum absolute atomic E-state index is 11.1. The van der Waals surface area contributed by atoms with Crippen molar-refractivity contribution in [2.24, 2.45) is 0 Å². The number of hydrogen-bond acceptors (Lipinski definition) is 3. The van der Waals surface area contributed by atoms with E-state index >= 15 is 0 Å². The minimum Gasteiger partial charge on any atom is -0.469 e. The highest BCUT2D eigenvalue weighted by molar-refractivity contribution is 5.69. The van der Waals surface area contributed by atoms with Gasteiger partial charge in [0.15, 0.2) is 0 Å². The molecule has 0 bridgehead atoms. The molecule has 0 aliphatic carbocycles. The topological polar surface area (TPSA) is 50.1 Å². The first kappa shape index (κ1) is 16.3. The zero-order chi connectivity index (χ0) is 16.5. The molecule has 0 radical (unpaired) electrons. The van der Waals surface area contributed by atoms with Crippen LogP contribution in [0.3, 0.4) is 0 Å². The second-order valence-electron chi connectivity index (χ2n) is 5.06. The number of carbonyl (C=O) groups is 1. The fraction of sp³-hybridized carbons (Fsp3) is 0.200. The summed E-state index contributed by atoms with van der Waals surface area (Å²) in [5.74, 6) is 6.01. The van der Waals surface area contributed by atoms with Gasteiger partial charge in [0, 0.05) is 17.5 Å². The van der Waals surface area contributed by atoms with Crippen molar-refractivity contribution in [3.05, 3.63) is 70.8 Å². The van der Waals surface area contributed by atoms with E-state index < -0.39 is 0 Å². The lowest BCUT2D eigenvalue weighted by atomic mass is 10.1. The smallest absolute Gasteiger partial charge is 0.305 e. The Morgan fingerprint density at radius 2 is 1.78 bits per heavy atom. The Morgan fingerprint density at radius 3 is 2.48 bits per heavy atom. The summed E-state index contributed by atoms with van der Waals surface area (Å²) in [6.45, 7) is 0. The van der Waals surface area contributed by atoms with Crippen LogP contribution in [0.25, 0.3) is 0 Å². The van der Waals surface area contributed by atoms with E-state index in [1.54, 1.807) is 0 Å². The molecule has 0 N–H and O–H groups in total. The zero-order valence-corrected chi connectivity index (χ0v) is 13.0. The van der Waals surface area contributed by atoms with Gasteiger partial charge in [-0.2, -0.15) is 5.26 Å². The fourth-order valence-corrected chi connectivity index (χ4v) is 2.10. The van der Waals surface area contributed by atoms with Crippen molar-refractivity contribution in [1.29, 1.82) is 5.26 Å². The molecule has 114 valence electrons. The second-order valence-corrected chi connectivity index (χ2v) is 5.06. The van der Waals surface area contributed by atoms with Crippen LogP contribution in [0.4, 0.5) is 0 Å². The van der Waals surface area contributed by atoms with E-state index in [0.717, 1.165) is 22.3 Å². The minimum absolute atomic E-state index is 0.203. The summed E-state index contributed by atoms with van der Waals surface area (Å²) in [5, 5.41) is 8.72. The summed E-state index contributed by atoms with van der Waals surface area (Å²) in [4.78, 5) is 11.1. The predicted octanol–water partition coefficient (Wildman–Crippen LogP) is 3.26. The molecule has 2 rings (SSSR count). The van der Waals surface area contributed by atoms with Gasteiger partial charge in [-0.1, -0.05) is 36.1 Å². The summed E-state index contributed by atoms with van der Waals surface area (Å²) >= 11 is 0. The molecule has 0 heterocycles. The summed E-state index contributed by atoms with van der Waals surface area (Å²) in [7, 11) is 1.40. The van der Waals surface area contributed by atoms with Gasteiger partial charge < -0.3 is 4.74 Å². The minimum atomic E-state index is -0.203. The zero-order valence-electron chi connectivity index (χ0n) is 13.0. The fourth-order valence-electron chi connectivity index (χ4n) is 2.10. The highest BCUT2D eigenvalue weighted by Gasteiger charge is 2.01. The van der Waals surface area contributed by atoms with Crippen LogP contribution >= 0.6 is 0 Å². The van der Waals surface area contributed by atoms with Gasteiger partial charge in [-0.15, -0.1) is 0 Å². The molecule has 0 spiro atoms. The van der Waals surface area contributed by atoms with Crippen LogP contribution in [0, 0.1) is 23.2 Å². The number of ether oxygens (including phenoxy) is 1. The molecule has 0 aliphatic rings. The Hall–Kier alpha value is -3.04. The van der Waals surface area contributed by atoms with Gasteiger partial charge >= 0.3 is 5.97 Å². The average Bonchev–Trinajstić information content (AvgIpc) is 2.59. The molecule has 2 aromatic carbocycles. The van der Waals surface area contributed by atoms with Gasteiger partial charge in [-0.25, -0.2) is 0 Å². The number of rotatable bonds is 4. The molecule has 2 aromatic rings. The van der Waals surface area contributed by atoms with Crippen LogP contribution in [0.1, 0.15) is 28.7 Å². The molecule has 3 nitrogen and oxygen atoms in total. The molecule has 0 aliphatic heterocycles. The third-order valence-electron chi connectivity index (χ3n) is 3.36. The summed E-state index contributed by atoms with van der Waals surface area (Å²) < 4.78 is 4.63. The number of methoxy groups -OCH3 is 1. The molecule has 0 atom stereocenters. The van der Waals surface area contributed by atoms with Gasteiger partial charge in [-0.05, 0) is 41.8 Å². The van der Waals surface area contributed by atoms with E-state index in [0.29, 0.717) is 19.3 Å². The number of aryl methyl sites for hydroxylation is 1. The van der Waals surface area contributed by atoms with E-state index in [4.69, 9.17) is 5.26 Å². The maximum atomic E-state index is 11.1. The molecule has 0 fully saturated rings. The largest absolute Gasteiger partial charge is 0.469 e. The van der Waals surface area contributed by atoms with Crippen LogP contribution < -0.4 is 0 Å². The Morgan fingerprint density at radius 1 is 1.04 bits per heavy atom. The summed E-state index contributed by atoms with van der Waals surface area (Å²) in [6.07, 6.45) is 1.44. The average molecular weight is 303 g/mol. The first-order valence-corrected chi connectivity index (χ1v) is 7.35. The lowest BCUT2D eigenvalue weighted by Gasteiger charge is -2.00. The quantitative estimate of drug-likeness (QED) is 0.643. The van der Waals surface area contributed by atoms with Crippen molar-refractivity contribution in [1.82, 2.24) is 0 Å². The molecular formula is C20H17NO2. The predicted molar refractivity (Wildman–Crippen MR) is 88.5 cm³/mol. The molecule has 0 saturated heterocycles. The van der Waals surface area contributed by atoms with Crippen molar-refractivity contribution >= 4 is 5.97 Å². The summed E-state index contributed by atoms with van der Waals surface area (Å²) in [5.41, 5.74) is 3.86. The highest BCUT2D eigenvalue weighted by atomic mass is 16.5. The Labute approximate surface area is 136 Å². The van der Waals surface area contributed by atoms with Crippen molar-refractivity contribution in [3.8, 4) is 17.9 Å². The van der Waals surface area contributed by atoms with Gasteiger partial charge in [0.1, 0.15) is 0 Å². The number of nitrogens with zero attached hydrogens (tertiary/aromatic N) is 1. The van der Waals surface area contributed by atoms with E-state index in [9.17, 15) is 4.79 Å². The molecule has 0 saturated carbocycles. The molecule has 23 heavy (non-hydrogen) atoms. The number of carbonyl (C=O) groups excluding carboxylic acids is 1. The summed E-state index contributed by atoms with van der Waals surface area (Å²) in [6, 6.07) is 17.7. The van der Waals surface area contributed by atoms with E-state index in [2.05, 4.69) is 22.6 Å². The third kappa shape index (κ3) is 5.34. The normalized spacial score (nSPS) is 9.39. The van der Waals surface area contributed by atoms with Crippen LogP contribution in [-0.2, 0) is 22.4 Å². The molecule has 3 heteroatoms. The second kappa shape index (κ2) is 8.41. The number of hydrogen-bond donors (Lipinski definition) is 0. The van der Waals surface area contributed by atoms with Crippen LogP contribution in [0.15, 0.2) is 48.5 Å². The monoisotopic (exact) mass is 303 g/mol. The van der Waals surface area contributed by atoms with Crippen molar-refractivity contribution < 1.29 is 9.53 Å². The Bertz CT molecular complexity index is 774. The lowest BCUT2D eigenvalue weighted by molar-refractivity contribution is -0.140. The van der Waals surface area contributed by atoms with Gasteiger partial charge in [-0.3, -0.25) is 4.79 Å². The van der Waals surface area contributed by atoms with E-state index in [1.165, 1.54) is 7.11 Å². The number of esters is 1. The van der Waals surface area contributed by atoms with Crippen LogP contribution in [0.5, 0.6) is 0 Å². The Balaban J connectivity index is 2.03. The number of benzene rings is 2. The van der Waals surface area contributed by atoms with Gasteiger partial charge in [0.25, 0.3) is 0 Å². The third-order valence-corrected chi connectivity index (χ3v) is 3.36. The number of nitriles is 1. The first-order chi connectivity index (χ1) is 11.2. The molecular weight excluding hydrogens is 286 g/mol. The van der Waals surface area contributed by atoms with Crippen molar-refractivity contribution in [3.63, 3.8) is 0 Å². The van der Waals surface area contributed by atoms with Crippen molar-refractivity contribution in [2.45, 2.75) is 19.3 Å². The van der Waals surface area contributed by atoms with Crippen LogP contribution in [0.2, 0.25) is 0 Å². The SMILES string of the molecule is COC(=O)CCc1ccc(C#Cc2cccc(CC#N)c2)cc1. The van der Waals surface area contributed by atoms with Crippen LogP contribution in [-0.4, -0.2) is 13.1 Å². The lowest BCUT2D eigenvalue weighted by Crippen LogP contribution is -2.01. The maximum Gasteiger partial charge on any atom is 0.305 e. The molecule has 0 amide bonds. The van der Waals surface area contributed by atoms with E-state index in [-0.39, 0.29) is 5.97 Å². The molecule has 0 unspecified atom stereocenters. The molecule has 0 aromatic heterocycles. The van der Waals surface area contributed by atoms with E-state index in [1.807, 2.05) is 48.5 Å². The first-order valence-electron chi connectivity index (χ1n) is 7.35. The highest BCUT2D eigenvalue weighted by Crippen LogP contribution is 2.08. The standard InChI is InChI=1S/C20H17NO2/c1-23-20(22)12-11-17-7-5-16(6-8-17)9-10-18-3-2-4-19(15-18)13-14-21/h2-8,15H,11-13H2,1H3. The van der Waals surface area contributed by atoms with Gasteiger partial charge in [0.2, 0.25) is 0 Å². The Kier molecular flexibility index (Phi) is 5.98. The van der Waals surface area contributed by atoms with Crippen molar-refractivity contribution in [2.75, 3.05) is 7.11 Å².